The molecule has 1 amide bonds. The molecule has 1 aliphatic rings. The van der Waals surface area contributed by atoms with Gasteiger partial charge in [-0.2, -0.15) is 0 Å². The molecule has 4 heteroatoms. The summed E-state index contributed by atoms with van der Waals surface area (Å²) >= 11 is 0. The van der Waals surface area contributed by atoms with Crippen LogP contribution in [0.4, 0.5) is 0 Å². The first kappa shape index (κ1) is 10.1. The number of rotatable bonds is 4. The van der Waals surface area contributed by atoms with Crippen LogP contribution in [0.25, 0.3) is 0 Å². The van der Waals surface area contributed by atoms with E-state index in [0.717, 1.165) is 32.5 Å². The Labute approximate surface area is 89.3 Å². The van der Waals surface area contributed by atoms with Crippen LogP contribution in [-0.2, 0) is 11.3 Å². The molecule has 0 bridgehead atoms. The molecule has 80 valence electrons. The van der Waals surface area contributed by atoms with Gasteiger partial charge in [-0.1, -0.05) is 6.07 Å². The SMILES string of the molecule is O=CNC1CCN(Cc2cccnc2)C1. The zero-order chi connectivity index (χ0) is 10.5. The first-order chi connectivity index (χ1) is 7.38. The highest BCUT2D eigenvalue weighted by Gasteiger charge is 2.21. The second-order valence-corrected chi connectivity index (χ2v) is 3.87. The van der Waals surface area contributed by atoms with Crippen molar-refractivity contribution in [2.75, 3.05) is 13.1 Å². The second-order valence-electron chi connectivity index (χ2n) is 3.87. The van der Waals surface area contributed by atoms with Gasteiger partial charge in [0.1, 0.15) is 0 Å². The molecule has 0 aliphatic carbocycles. The largest absolute Gasteiger partial charge is 0.355 e. The van der Waals surface area contributed by atoms with Crippen molar-refractivity contribution in [3.8, 4) is 0 Å². The summed E-state index contributed by atoms with van der Waals surface area (Å²) in [5.41, 5.74) is 1.23. The minimum absolute atomic E-state index is 0.319. The number of amides is 1. The molecule has 2 rings (SSSR count). The summed E-state index contributed by atoms with van der Waals surface area (Å²) in [6.07, 6.45) is 5.50. The van der Waals surface area contributed by atoms with Gasteiger partial charge < -0.3 is 5.32 Å². The number of nitrogens with one attached hydrogen (secondary N) is 1. The molecular weight excluding hydrogens is 190 g/mol. The van der Waals surface area contributed by atoms with Crippen LogP contribution in [0.1, 0.15) is 12.0 Å². The molecule has 1 aliphatic heterocycles. The van der Waals surface area contributed by atoms with Gasteiger partial charge in [0.05, 0.1) is 0 Å². The van der Waals surface area contributed by atoms with E-state index >= 15 is 0 Å². The summed E-state index contributed by atoms with van der Waals surface area (Å²) in [7, 11) is 0. The van der Waals surface area contributed by atoms with Gasteiger partial charge in [-0.3, -0.25) is 14.7 Å². The van der Waals surface area contributed by atoms with Crippen LogP contribution < -0.4 is 5.32 Å². The van der Waals surface area contributed by atoms with Crippen molar-refractivity contribution >= 4 is 6.41 Å². The average molecular weight is 205 g/mol. The summed E-state index contributed by atoms with van der Waals surface area (Å²) in [5, 5.41) is 2.82. The van der Waals surface area contributed by atoms with E-state index in [1.165, 1.54) is 5.56 Å². The average Bonchev–Trinajstić information content (AvgIpc) is 2.68. The third-order valence-corrected chi connectivity index (χ3v) is 2.71. The van der Waals surface area contributed by atoms with Crippen molar-refractivity contribution in [1.82, 2.24) is 15.2 Å². The van der Waals surface area contributed by atoms with E-state index in [4.69, 9.17) is 0 Å². The number of carbonyl (C=O) groups is 1. The molecule has 2 heterocycles. The summed E-state index contributed by atoms with van der Waals surface area (Å²) in [5.74, 6) is 0. The first-order valence-electron chi connectivity index (χ1n) is 5.19. The number of carbonyl (C=O) groups excluding carboxylic acids is 1. The maximum Gasteiger partial charge on any atom is 0.207 e. The Kier molecular flexibility index (Phi) is 3.29. The predicted octanol–water partition coefficient (Wildman–Crippen LogP) is 0.402. The van der Waals surface area contributed by atoms with E-state index in [0.29, 0.717) is 6.04 Å². The van der Waals surface area contributed by atoms with Gasteiger partial charge in [0.15, 0.2) is 0 Å². The van der Waals surface area contributed by atoms with Crippen LogP contribution in [0.15, 0.2) is 24.5 Å². The molecule has 0 saturated carbocycles. The van der Waals surface area contributed by atoms with Crippen LogP contribution in [-0.4, -0.2) is 35.4 Å². The third kappa shape index (κ3) is 2.76. The lowest BCUT2D eigenvalue weighted by molar-refractivity contribution is -0.110. The Hall–Kier alpha value is -1.42. The Balaban J connectivity index is 1.85. The van der Waals surface area contributed by atoms with E-state index in [-0.39, 0.29) is 0 Å². The number of hydrogen-bond donors (Lipinski definition) is 1. The molecule has 1 aromatic rings. The molecule has 0 radical (unpaired) electrons. The van der Waals surface area contributed by atoms with E-state index in [2.05, 4.69) is 21.3 Å². The van der Waals surface area contributed by atoms with Gasteiger partial charge in [-0.15, -0.1) is 0 Å². The van der Waals surface area contributed by atoms with Crippen molar-refractivity contribution in [3.63, 3.8) is 0 Å². The van der Waals surface area contributed by atoms with Crippen molar-refractivity contribution in [2.45, 2.75) is 19.0 Å². The molecule has 1 atom stereocenters. The maximum atomic E-state index is 10.3. The molecular formula is C11H15N3O. The summed E-state index contributed by atoms with van der Waals surface area (Å²) in [6.45, 7) is 2.90. The highest BCUT2D eigenvalue weighted by molar-refractivity contribution is 5.46. The number of pyridine rings is 1. The molecule has 1 fully saturated rings. The van der Waals surface area contributed by atoms with E-state index in [1.54, 1.807) is 6.20 Å². The summed E-state index contributed by atoms with van der Waals surface area (Å²) in [4.78, 5) is 16.7. The lowest BCUT2D eigenvalue weighted by Gasteiger charge is -2.15. The fraction of sp³-hybridized carbons (Fsp3) is 0.455. The standard InChI is InChI=1S/C11H15N3O/c15-9-13-11-3-5-14(8-11)7-10-2-1-4-12-6-10/h1-2,4,6,9,11H,3,5,7-8H2,(H,13,15). The van der Waals surface area contributed by atoms with Crippen molar-refractivity contribution in [2.24, 2.45) is 0 Å². The summed E-state index contributed by atoms with van der Waals surface area (Å²) < 4.78 is 0. The van der Waals surface area contributed by atoms with Crippen LogP contribution in [0.5, 0.6) is 0 Å². The quantitative estimate of drug-likeness (QED) is 0.724. The van der Waals surface area contributed by atoms with Crippen LogP contribution in [0, 0.1) is 0 Å². The molecule has 1 unspecified atom stereocenters. The second kappa shape index (κ2) is 4.89. The monoisotopic (exact) mass is 205 g/mol. The Morgan fingerprint density at radius 2 is 2.60 bits per heavy atom. The van der Waals surface area contributed by atoms with Crippen LogP contribution in [0.2, 0.25) is 0 Å². The molecule has 1 N–H and O–H groups in total. The van der Waals surface area contributed by atoms with E-state index in [1.807, 2.05) is 12.3 Å². The Morgan fingerprint density at radius 3 is 3.33 bits per heavy atom. The lowest BCUT2D eigenvalue weighted by atomic mass is 10.2. The first-order valence-corrected chi connectivity index (χ1v) is 5.19. The van der Waals surface area contributed by atoms with Gasteiger partial charge in [-0.05, 0) is 18.1 Å². The zero-order valence-corrected chi connectivity index (χ0v) is 8.60. The van der Waals surface area contributed by atoms with Crippen LogP contribution >= 0.6 is 0 Å². The smallest absolute Gasteiger partial charge is 0.207 e. The highest BCUT2D eigenvalue weighted by atomic mass is 16.1. The van der Waals surface area contributed by atoms with Gasteiger partial charge in [0, 0.05) is 38.1 Å². The van der Waals surface area contributed by atoms with Gasteiger partial charge in [0.25, 0.3) is 0 Å². The van der Waals surface area contributed by atoms with Gasteiger partial charge >= 0.3 is 0 Å². The fourth-order valence-corrected chi connectivity index (χ4v) is 1.96. The molecule has 4 nitrogen and oxygen atoms in total. The normalized spacial score (nSPS) is 21.5. The summed E-state index contributed by atoms with van der Waals surface area (Å²) in [6, 6.07) is 4.35. The number of hydrogen-bond acceptors (Lipinski definition) is 3. The number of aromatic nitrogens is 1. The third-order valence-electron chi connectivity index (χ3n) is 2.71. The molecule has 0 spiro atoms. The minimum atomic E-state index is 0.319. The topological polar surface area (TPSA) is 45.2 Å². The van der Waals surface area contributed by atoms with Crippen molar-refractivity contribution < 1.29 is 4.79 Å². The van der Waals surface area contributed by atoms with E-state index < -0.39 is 0 Å². The van der Waals surface area contributed by atoms with E-state index in [9.17, 15) is 4.79 Å². The van der Waals surface area contributed by atoms with Crippen molar-refractivity contribution in [1.29, 1.82) is 0 Å². The molecule has 0 aromatic carbocycles. The predicted molar refractivity (Wildman–Crippen MR) is 57.1 cm³/mol. The lowest BCUT2D eigenvalue weighted by Crippen LogP contribution is -2.31. The molecule has 15 heavy (non-hydrogen) atoms. The maximum absolute atomic E-state index is 10.3. The highest BCUT2D eigenvalue weighted by Crippen LogP contribution is 2.12. The van der Waals surface area contributed by atoms with Crippen molar-refractivity contribution in [3.05, 3.63) is 30.1 Å². The minimum Gasteiger partial charge on any atom is -0.355 e. The van der Waals surface area contributed by atoms with Crippen LogP contribution in [0.3, 0.4) is 0 Å². The van der Waals surface area contributed by atoms with Gasteiger partial charge in [-0.25, -0.2) is 0 Å². The molecule has 1 saturated heterocycles. The fourth-order valence-electron chi connectivity index (χ4n) is 1.96. The number of likely N-dealkylation sites (tertiary alicyclic amines) is 1. The molecule has 1 aromatic heterocycles. The Morgan fingerprint density at radius 1 is 1.67 bits per heavy atom. The Bertz CT molecular complexity index is 315. The number of nitrogens with zero attached hydrogens (tertiary/aromatic N) is 2. The van der Waals surface area contributed by atoms with Gasteiger partial charge in [0.2, 0.25) is 6.41 Å². The zero-order valence-electron chi connectivity index (χ0n) is 8.60.